The van der Waals surface area contributed by atoms with E-state index >= 15 is 0 Å². The van der Waals surface area contributed by atoms with E-state index in [1.54, 1.807) is 31.4 Å². The quantitative estimate of drug-likeness (QED) is 0.121. The molecule has 0 fully saturated rings. The fraction of sp³-hybridized carbons (Fsp3) is 0.0833. The van der Waals surface area contributed by atoms with Gasteiger partial charge in [0.2, 0.25) is 12.0 Å². The summed E-state index contributed by atoms with van der Waals surface area (Å²) in [4.78, 5) is 12.6. The third-order valence-electron chi connectivity index (χ3n) is 10.8. The van der Waals surface area contributed by atoms with Crippen molar-refractivity contribution in [2.24, 2.45) is 7.05 Å². The van der Waals surface area contributed by atoms with Crippen LogP contribution in [0.2, 0.25) is 0 Å². The molecule has 3 heterocycles. The number of nitrogens with zero attached hydrogens (tertiary/aromatic N) is 5. The maximum atomic E-state index is 13.3. The van der Waals surface area contributed by atoms with Gasteiger partial charge in [-0.05, 0) is 54.1 Å². The summed E-state index contributed by atoms with van der Waals surface area (Å²) in [5.74, 6) is 1.45. The number of aromatic nitrogens is 3. The van der Waals surface area contributed by atoms with Gasteiger partial charge in [-0.3, -0.25) is 4.90 Å². The number of hydroxylamine groups is 1. The molecule has 0 radical (unpaired) electrons. The van der Waals surface area contributed by atoms with Gasteiger partial charge in [0.05, 0.1) is 30.3 Å². The number of hydrogen-bond donors (Lipinski definition) is 0. The van der Waals surface area contributed by atoms with Crippen LogP contribution in [0.3, 0.4) is 0 Å². The Bertz CT molecular complexity index is 2820. The molecule has 0 amide bonds. The standard InChI is InChI=1S/C48H39ClN5O6/c1-52-42-22-14-13-21-40(42)41(46(52)35-19-11-6-12-20-35)31-32-43-53(36-23-27-38(58-2)28-24-36)47-48(54(43,60-49(55,56)57)37-25-29-39(59-3)30-26-37)51-45(34-17-9-5-10-18-34)44(50-47)33-15-7-4-8-16-33/h4-32,43H,1-3H3/q+1. The van der Waals surface area contributed by atoms with E-state index in [1.165, 1.54) is 7.11 Å². The minimum absolute atomic E-state index is 0.0669. The first-order valence-corrected chi connectivity index (χ1v) is 20.4. The highest BCUT2D eigenvalue weighted by Crippen LogP contribution is 2.55. The lowest BCUT2D eigenvalue weighted by Crippen LogP contribution is -2.69. The predicted octanol–water partition coefficient (Wildman–Crippen LogP) is 7.65. The van der Waals surface area contributed by atoms with Gasteiger partial charge in [-0.25, -0.2) is 4.98 Å². The highest BCUT2D eigenvalue weighted by molar-refractivity contribution is 5.98. The minimum atomic E-state index is -5.13. The van der Waals surface area contributed by atoms with E-state index in [0.29, 0.717) is 28.6 Å². The molecule has 1 aliphatic rings. The number of methoxy groups -OCH3 is 2. The topological polar surface area (TPSA) is 131 Å². The molecular formula is C48H39ClN5O6+. The van der Waals surface area contributed by atoms with Gasteiger partial charge in [0.1, 0.15) is 27.4 Å². The van der Waals surface area contributed by atoms with Crippen molar-refractivity contribution in [3.05, 3.63) is 175 Å². The van der Waals surface area contributed by atoms with Crippen LogP contribution in [0.5, 0.6) is 11.5 Å². The molecular weight excluding hydrogens is 778 g/mol. The molecule has 2 unspecified atom stereocenters. The summed E-state index contributed by atoms with van der Waals surface area (Å²) in [6.07, 6.45) is 2.68. The molecule has 0 saturated heterocycles. The molecule has 8 aromatic rings. The van der Waals surface area contributed by atoms with Gasteiger partial charge < -0.3 is 14.0 Å². The SMILES string of the molecule is COc1ccc(N2c3nc(-c4ccccc4)c(-c4ccccc4)nc3[N+](O[Cl+3]([O-])([O-])[O-])(c3ccc(OC)cc3)C2C=Cc2c(-c3ccccc3)n(C)c3ccccc23)cc1. The Balaban J connectivity index is 1.40. The number of aryl methyl sites for hydroxylation is 1. The van der Waals surface area contributed by atoms with Crippen LogP contribution in [-0.2, 0) is 11.4 Å². The molecule has 0 aliphatic carbocycles. The molecule has 298 valence electrons. The number of anilines is 2. The Morgan fingerprint density at radius 1 is 0.617 bits per heavy atom. The first-order chi connectivity index (χ1) is 29.2. The molecule has 2 atom stereocenters. The summed E-state index contributed by atoms with van der Waals surface area (Å²) >= 11 is 0. The van der Waals surface area contributed by atoms with Crippen molar-refractivity contribution in [2.75, 3.05) is 19.1 Å². The van der Waals surface area contributed by atoms with Crippen molar-refractivity contribution < 1.29 is 38.1 Å². The number of benzene rings is 6. The van der Waals surface area contributed by atoms with Crippen molar-refractivity contribution >= 4 is 40.0 Å². The smallest absolute Gasteiger partial charge is 0.325 e. The van der Waals surface area contributed by atoms with E-state index in [-0.39, 0.29) is 17.3 Å². The summed E-state index contributed by atoms with van der Waals surface area (Å²) in [6.45, 7) is 0. The van der Waals surface area contributed by atoms with Crippen LogP contribution in [0.1, 0.15) is 5.56 Å². The van der Waals surface area contributed by atoms with Crippen LogP contribution in [-0.4, -0.2) is 34.9 Å². The molecule has 1 aliphatic heterocycles. The summed E-state index contributed by atoms with van der Waals surface area (Å²) in [7, 11) is 0.00973. The number of fused-ring (bicyclic) bond motifs is 2. The number of ether oxygens (including phenoxy) is 2. The summed E-state index contributed by atoms with van der Waals surface area (Å²) in [5, 5.41) is 0.966. The molecule has 11 nitrogen and oxygen atoms in total. The van der Waals surface area contributed by atoms with Gasteiger partial charge in [0, 0.05) is 58.5 Å². The Labute approximate surface area is 349 Å². The van der Waals surface area contributed by atoms with E-state index in [9.17, 15) is 14.0 Å². The minimum Gasteiger partial charge on any atom is -0.497 e. The number of rotatable bonds is 11. The van der Waals surface area contributed by atoms with E-state index in [1.807, 2.05) is 139 Å². The zero-order valence-electron chi connectivity index (χ0n) is 32.9. The lowest BCUT2D eigenvalue weighted by Gasteiger charge is -2.31. The molecule has 9 rings (SSSR count). The van der Waals surface area contributed by atoms with Gasteiger partial charge in [-0.1, -0.05) is 109 Å². The maximum absolute atomic E-state index is 13.3. The number of halogens is 1. The fourth-order valence-electron chi connectivity index (χ4n) is 8.08. The second-order valence-electron chi connectivity index (χ2n) is 14.1. The predicted molar refractivity (Wildman–Crippen MR) is 225 cm³/mol. The first kappa shape index (κ1) is 38.7. The van der Waals surface area contributed by atoms with Crippen LogP contribution in [0, 0.1) is 10.2 Å². The molecule has 12 heteroatoms. The summed E-state index contributed by atoms with van der Waals surface area (Å²) in [5.41, 5.74) is 7.16. The van der Waals surface area contributed by atoms with Crippen LogP contribution in [0.15, 0.2) is 170 Å². The van der Waals surface area contributed by atoms with Crippen LogP contribution in [0.25, 0.3) is 50.8 Å². The first-order valence-electron chi connectivity index (χ1n) is 19.1. The average molecular weight is 817 g/mol. The third-order valence-corrected chi connectivity index (χ3v) is 11.1. The van der Waals surface area contributed by atoms with Gasteiger partial charge in [0.15, 0.2) is 5.69 Å². The zero-order valence-corrected chi connectivity index (χ0v) is 33.6. The zero-order chi connectivity index (χ0) is 41.4. The Morgan fingerprint density at radius 2 is 1.13 bits per heavy atom. The lowest BCUT2D eigenvalue weighted by atomic mass is 10.0. The second-order valence-corrected chi connectivity index (χ2v) is 15.0. The normalized spacial score (nSPS) is 16.4. The Hall–Kier alpha value is -6.83. The molecule has 0 N–H and O–H groups in total. The number of quaternary nitrogens is 1. The lowest BCUT2D eigenvalue weighted by molar-refractivity contribution is -1.92. The van der Waals surface area contributed by atoms with E-state index in [0.717, 1.165) is 38.9 Å². The van der Waals surface area contributed by atoms with E-state index in [4.69, 9.17) is 23.8 Å². The average Bonchev–Trinajstić information content (AvgIpc) is 3.72. The molecule has 6 aromatic carbocycles. The largest absolute Gasteiger partial charge is 0.497 e. The van der Waals surface area contributed by atoms with Gasteiger partial charge in [-0.15, -0.1) is 0 Å². The summed E-state index contributed by atoms with van der Waals surface area (Å²) in [6, 6.07) is 51.3. The van der Waals surface area contributed by atoms with Gasteiger partial charge >= 0.3 is 5.82 Å². The molecule has 0 bridgehead atoms. The highest BCUT2D eigenvalue weighted by atomic mass is 35.7. The van der Waals surface area contributed by atoms with Gasteiger partial charge in [0.25, 0.3) is 4.39 Å². The van der Waals surface area contributed by atoms with Crippen molar-refractivity contribution in [3.63, 3.8) is 0 Å². The Morgan fingerprint density at radius 3 is 1.70 bits per heavy atom. The highest BCUT2D eigenvalue weighted by Gasteiger charge is 2.67. The third kappa shape index (κ3) is 6.85. The monoisotopic (exact) mass is 816 g/mol. The van der Waals surface area contributed by atoms with E-state index in [2.05, 4.69) is 28.8 Å². The fourth-order valence-corrected chi connectivity index (χ4v) is 8.57. The number of para-hydroxylation sites is 1. The molecule has 0 spiro atoms. The van der Waals surface area contributed by atoms with Crippen molar-refractivity contribution in [3.8, 4) is 45.3 Å². The summed E-state index contributed by atoms with van der Waals surface area (Å²) < 4.78 is 58.2. The second kappa shape index (κ2) is 15.7. The molecule has 0 saturated carbocycles. The van der Waals surface area contributed by atoms with Crippen molar-refractivity contribution in [1.29, 1.82) is 0 Å². The van der Waals surface area contributed by atoms with Crippen molar-refractivity contribution in [1.82, 2.24) is 19.2 Å². The van der Waals surface area contributed by atoms with Crippen LogP contribution < -0.4 is 33.0 Å². The van der Waals surface area contributed by atoms with E-state index < -0.39 is 21.1 Å². The molecule has 2 aromatic heterocycles. The van der Waals surface area contributed by atoms with Crippen LogP contribution in [0.4, 0.5) is 23.0 Å². The molecule has 60 heavy (non-hydrogen) atoms. The number of hydrogen-bond acceptors (Lipinski definition) is 9. The van der Waals surface area contributed by atoms with Crippen LogP contribution >= 0.6 is 0 Å². The van der Waals surface area contributed by atoms with Gasteiger partial charge in [-0.2, -0.15) is 19.0 Å². The Kier molecular flexibility index (Phi) is 10.1. The maximum Gasteiger partial charge on any atom is 0.325 e. The van der Waals surface area contributed by atoms with Crippen molar-refractivity contribution in [2.45, 2.75) is 6.17 Å².